The summed E-state index contributed by atoms with van der Waals surface area (Å²) < 4.78 is 0. The molecule has 21 heteroatoms. The largest absolute Gasteiger partial charge is 0.480 e. The van der Waals surface area contributed by atoms with Crippen molar-refractivity contribution in [2.75, 3.05) is 19.6 Å². The molecule has 6 atom stereocenters. The first kappa shape index (κ1) is 41.1. The summed E-state index contributed by atoms with van der Waals surface area (Å²) in [4.78, 5) is 74.7. The van der Waals surface area contributed by atoms with E-state index in [2.05, 4.69) is 36.2 Å². The number of aliphatic hydroxyl groups is 1. The molecule has 20 N–H and O–H groups in total. The maximum atomic E-state index is 13.2. The van der Waals surface area contributed by atoms with E-state index in [1.807, 2.05) is 0 Å². The first-order valence-corrected chi connectivity index (χ1v) is 14.5. The van der Waals surface area contributed by atoms with Gasteiger partial charge in [-0.1, -0.05) is 0 Å². The van der Waals surface area contributed by atoms with Gasteiger partial charge in [0.2, 0.25) is 23.6 Å². The highest BCUT2D eigenvalue weighted by Crippen LogP contribution is 2.05. The number of aliphatic carboxylic acids is 1. The van der Waals surface area contributed by atoms with Crippen molar-refractivity contribution in [2.24, 2.45) is 55.1 Å². The quantitative estimate of drug-likeness (QED) is 0.0292. The minimum atomic E-state index is -1.50. The lowest BCUT2D eigenvalue weighted by Crippen LogP contribution is -2.60. The summed E-state index contributed by atoms with van der Waals surface area (Å²) in [5.74, 6) is -5.04. The Morgan fingerprint density at radius 1 is 0.609 bits per heavy atom. The molecule has 0 radical (unpaired) electrons. The number of nitrogens with one attached hydrogen (secondary N) is 4. The average molecular weight is 659 g/mol. The standard InChI is InChI=1S/C25H50N14O7/c1-12(18(41)38-16(22(45)46)8-5-11-35-25(31)32)36-20(43)15(7-4-10-34-24(29)30)37-21(44)17(13(2)40)39-19(42)14(26)6-3-9-33-23(27)28/h12-17,40H,3-11,26H2,1-2H3,(H,36,43)(H,37,44)(H,38,41)(H,39,42)(H,45,46)(H4,27,28,33)(H4,29,30,34)(H4,31,32,35)/t12-,13+,14-,15-,16-,17-/m0/s1. The number of nitrogens with two attached hydrogens (primary N) is 7. The zero-order chi connectivity index (χ0) is 35.4. The van der Waals surface area contributed by atoms with Crippen LogP contribution in [0, 0.1) is 0 Å². The van der Waals surface area contributed by atoms with Crippen molar-refractivity contribution in [2.45, 2.75) is 88.7 Å². The summed E-state index contributed by atoms with van der Waals surface area (Å²) in [6.45, 7) is 3.05. The van der Waals surface area contributed by atoms with Crippen molar-refractivity contribution >= 4 is 47.5 Å². The van der Waals surface area contributed by atoms with E-state index < -0.39 is 65.9 Å². The number of hydrogen-bond acceptors (Lipinski definition) is 10. The van der Waals surface area contributed by atoms with Crippen LogP contribution in [0.15, 0.2) is 15.0 Å². The second-order valence-electron chi connectivity index (χ2n) is 10.4. The maximum Gasteiger partial charge on any atom is 0.326 e. The highest BCUT2D eigenvalue weighted by molar-refractivity contribution is 5.95. The smallest absolute Gasteiger partial charge is 0.326 e. The molecule has 0 bridgehead atoms. The van der Waals surface area contributed by atoms with E-state index >= 15 is 0 Å². The fourth-order valence-corrected chi connectivity index (χ4v) is 3.79. The molecular weight excluding hydrogens is 608 g/mol. The van der Waals surface area contributed by atoms with Crippen LogP contribution in [0.25, 0.3) is 0 Å². The minimum absolute atomic E-state index is 0.00831. The topological polar surface area (TPSA) is 393 Å². The number of rotatable bonds is 22. The number of carbonyl (C=O) groups excluding carboxylic acids is 4. The lowest BCUT2D eigenvalue weighted by atomic mass is 10.1. The van der Waals surface area contributed by atoms with Crippen LogP contribution in [0.4, 0.5) is 0 Å². The molecule has 4 amide bonds. The molecule has 0 aliphatic rings. The van der Waals surface area contributed by atoms with Gasteiger partial charge < -0.3 is 71.6 Å². The van der Waals surface area contributed by atoms with Gasteiger partial charge in [-0.3, -0.25) is 34.2 Å². The van der Waals surface area contributed by atoms with Gasteiger partial charge in [0.1, 0.15) is 24.2 Å². The van der Waals surface area contributed by atoms with Crippen LogP contribution in [0.3, 0.4) is 0 Å². The third-order valence-corrected chi connectivity index (χ3v) is 6.26. The van der Waals surface area contributed by atoms with Crippen LogP contribution in [0.1, 0.15) is 52.4 Å². The second kappa shape index (κ2) is 21.7. The summed E-state index contributed by atoms with van der Waals surface area (Å²) in [5, 5.41) is 29.3. The van der Waals surface area contributed by atoms with Gasteiger partial charge in [-0.15, -0.1) is 0 Å². The molecule has 21 nitrogen and oxygen atoms in total. The van der Waals surface area contributed by atoms with Gasteiger partial charge in [0.25, 0.3) is 0 Å². The number of aliphatic imine (C=N–C) groups is 3. The Bertz CT molecular complexity index is 1100. The molecule has 0 aromatic heterocycles. The minimum Gasteiger partial charge on any atom is -0.480 e. The third-order valence-electron chi connectivity index (χ3n) is 6.26. The van der Waals surface area contributed by atoms with E-state index in [0.29, 0.717) is 6.42 Å². The monoisotopic (exact) mass is 658 g/mol. The maximum absolute atomic E-state index is 13.2. The molecule has 0 aliphatic heterocycles. The van der Waals surface area contributed by atoms with Crippen molar-refractivity contribution in [3.8, 4) is 0 Å². The van der Waals surface area contributed by atoms with Gasteiger partial charge in [0.15, 0.2) is 17.9 Å². The number of carboxylic acid groups (broad SMARTS) is 1. The number of nitrogens with zero attached hydrogens (tertiary/aromatic N) is 3. The number of amides is 4. The van der Waals surface area contributed by atoms with Crippen molar-refractivity contribution in [3.05, 3.63) is 0 Å². The molecule has 0 fully saturated rings. The van der Waals surface area contributed by atoms with Crippen molar-refractivity contribution in [1.82, 2.24) is 21.3 Å². The van der Waals surface area contributed by atoms with Crippen LogP contribution in [0.5, 0.6) is 0 Å². The van der Waals surface area contributed by atoms with Crippen LogP contribution >= 0.6 is 0 Å². The first-order valence-electron chi connectivity index (χ1n) is 14.5. The summed E-state index contributed by atoms with van der Waals surface area (Å²) >= 11 is 0. The van der Waals surface area contributed by atoms with Crippen molar-refractivity contribution in [1.29, 1.82) is 0 Å². The Morgan fingerprint density at radius 3 is 1.48 bits per heavy atom. The predicted molar refractivity (Wildman–Crippen MR) is 170 cm³/mol. The van der Waals surface area contributed by atoms with E-state index in [4.69, 9.17) is 40.1 Å². The van der Waals surface area contributed by atoms with Gasteiger partial charge in [-0.25, -0.2) is 4.79 Å². The summed E-state index contributed by atoms with van der Waals surface area (Å²) in [6, 6.07) is -6.35. The zero-order valence-electron chi connectivity index (χ0n) is 26.1. The Kier molecular flexibility index (Phi) is 19.4. The number of carbonyl (C=O) groups is 5. The summed E-state index contributed by atoms with van der Waals surface area (Å²) in [5.41, 5.74) is 37.6. The number of guanidine groups is 3. The number of hydrogen-bond donors (Lipinski definition) is 13. The van der Waals surface area contributed by atoms with Gasteiger partial charge in [0.05, 0.1) is 12.1 Å². The molecule has 0 rings (SSSR count). The molecule has 0 unspecified atom stereocenters. The molecule has 46 heavy (non-hydrogen) atoms. The van der Waals surface area contributed by atoms with Gasteiger partial charge >= 0.3 is 5.97 Å². The van der Waals surface area contributed by atoms with Gasteiger partial charge in [-0.05, 0) is 52.4 Å². The number of aliphatic hydroxyl groups excluding tert-OH is 1. The second-order valence-corrected chi connectivity index (χ2v) is 10.4. The predicted octanol–water partition coefficient (Wildman–Crippen LogP) is -6.10. The normalized spacial score (nSPS) is 14.5. The molecule has 0 heterocycles. The molecular formula is C25H50N14O7. The Labute approximate surface area is 266 Å². The highest BCUT2D eigenvalue weighted by atomic mass is 16.4. The number of carboxylic acids is 1. The first-order chi connectivity index (χ1) is 21.5. The van der Waals surface area contributed by atoms with E-state index in [-0.39, 0.29) is 69.6 Å². The van der Waals surface area contributed by atoms with Crippen LogP contribution in [-0.2, 0) is 24.0 Å². The molecule has 0 saturated heterocycles. The Hall–Kier alpha value is -4.92. The Balaban J connectivity index is 5.56. The van der Waals surface area contributed by atoms with E-state index in [1.165, 1.54) is 13.8 Å². The van der Waals surface area contributed by atoms with Crippen molar-refractivity contribution in [3.63, 3.8) is 0 Å². The van der Waals surface area contributed by atoms with E-state index in [1.54, 1.807) is 0 Å². The molecule has 0 aliphatic carbocycles. The SMILES string of the molecule is C[C@H](NC(=O)[C@H](CCCN=C(N)N)NC(=O)[C@@H](NC(=O)[C@@H](N)CCCN=C(N)N)[C@@H](C)O)C(=O)N[C@@H](CCCN=C(N)N)C(=O)O. The highest BCUT2D eigenvalue weighted by Gasteiger charge is 2.32. The summed E-state index contributed by atoms with van der Waals surface area (Å²) in [7, 11) is 0. The lowest BCUT2D eigenvalue weighted by molar-refractivity contribution is -0.142. The zero-order valence-corrected chi connectivity index (χ0v) is 26.1. The molecule has 0 aromatic carbocycles. The summed E-state index contributed by atoms with van der Waals surface area (Å²) in [6.07, 6.45) is -0.403. The molecule has 0 spiro atoms. The van der Waals surface area contributed by atoms with Crippen molar-refractivity contribution < 1.29 is 34.2 Å². The molecule has 0 saturated carbocycles. The van der Waals surface area contributed by atoms with Gasteiger partial charge in [0, 0.05) is 19.6 Å². The fraction of sp³-hybridized carbons (Fsp3) is 0.680. The van der Waals surface area contributed by atoms with Crippen LogP contribution in [0.2, 0.25) is 0 Å². The lowest BCUT2D eigenvalue weighted by Gasteiger charge is -2.26. The van der Waals surface area contributed by atoms with Gasteiger partial charge in [-0.2, -0.15) is 0 Å². The molecule has 262 valence electrons. The Morgan fingerprint density at radius 2 is 1.04 bits per heavy atom. The van der Waals surface area contributed by atoms with Crippen LogP contribution in [-0.4, -0.2) is 114 Å². The average Bonchev–Trinajstić information content (AvgIpc) is 2.95. The van der Waals surface area contributed by atoms with E-state index in [9.17, 15) is 34.2 Å². The third kappa shape index (κ3) is 18.0. The fourth-order valence-electron chi connectivity index (χ4n) is 3.79. The van der Waals surface area contributed by atoms with E-state index in [0.717, 1.165) is 0 Å². The van der Waals surface area contributed by atoms with Crippen LogP contribution < -0.4 is 61.4 Å². The molecule has 0 aromatic rings.